The molecular formula is C12H10F2O. The van der Waals surface area contributed by atoms with Gasteiger partial charge >= 0.3 is 0 Å². The van der Waals surface area contributed by atoms with Crippen LogP contribution in [-0.4, -0.2) is 5.78 Å². The third kappa shape index (κ3) is 4.86. The Kier molecular flexibility index (Phi) is 4.41. The Morgan fingerprint density at radius 3 is 2.47 bits per heavy atom. The second-order valence-electron chi connectivity index (χ2n) is 2.91. The third-order valence-electron chi connectivity index (χ3n) is 1.72. The Hall–Kier alpha value is -1.77. The third-order valence-corrected chi connectivity index (χ3v) is 1.72. The van der Waals surface area contributed by atoms with Gasteiger partial charge in [0.25, 0.3) is 6.08 Å². The summed E-state index contributed by atoms with van der Waals surface area (Å²) in [6.45, 7) is 0. The van der Waals surface area contributed by atoms with Crippen molar-refractivity contribution in [1.82, 2.24) is 0 Å². The van der Waals surface area contributed by atoms with Gasteiger partial charge < -0.3 is 0 Å². The minimum absolute atomic E-state index is 0.258. The van der Waals surface area contributed by atoms with Crippen LogP contribution in [0.2, 0.25) is 0 Å². The number of benzene rings is 1. The van der Waals surface area contributed by atoms with Crippen molar-refractivity contribution in [2.75, 3.05) is 0 Å². The molecule has 0 spiro atoms. The molecule has 0 aliphatic heterocycles. The minimum Gasteiger partial charge on any atom is -0.295 e. The van der Waals surface area contributed by atoms with E-state index in [4.69, 9.17) is 0 Å². The molecule has 0 bridgehead atoms. The summed E-state index contributed by atoms with van der Waals surface area (Å²) in [6.07, 6.45) is 1.43. The van der Waals surface area contributed by atoms with Crippen molar-refractivity contribution in [2.45, 2.75) is 6.42 Å². The van der Waals surface area contributed by atoms with Crippen molar-refractivity contribution in [3.8, 4) is 0 Å². The van der Waals surface area contributed by atoms with Crippen LogP contribution in [-0.2, 0) is 4.79 Å². The van der Waals surface area contributed by atoms with Crippen molar-refractivity contribution in [1.29, 1.82) is 0 Å². The van der Waals surface area contributed by atoms with Gasteiger partial charge in [0.15, 0.2) is 5.78 Å². The standard InChI is InChI=1S/C12H10F2O/c13-12(14)9-8-11(15)7-6-10-4-2-1-3-5-10/h1-7,9H,8H2/b7-6+. The number of allylic oxidation sites excluding steroid dienone is 2. The first-order valence-electron chi connectivity index (χ1n) is 4.45. The molecule has 0 N–H and O–H groups in total. The molecule has 1 nitrogen and oxygen atoms in total. The van der Waals surface area contributed by atoms with E-state index in [-0.39, 0.29) is 12.2 Å². The van der Waals surface area contributed by atoms with Crippen LogP contribution in [0.3, 0.4) is 0 Å². The quantitative estimate of drug-likeness (QED) is 0.693. The van der Waals surface area contributed by atoms with Crippen molar-refractivity contribution in [2.24, 2.45) is 0 Å². The smallest absolute Gasteiger partial charge is 0.266 e. The lowest BCUT2D eigenvalue weighted by Crippen LogP contribution is -1.88. The van der Waals surface area contributed by atoms with Crippen molar-refractivity contribution in [3.05, 3.63) is 54.1 Å². The molecule has 1 aromatic carbocycles. The zero-order chi connectivity index (χ0) is 11.1. The number of rotatable bonds is 4. The zero-order valence-electron chi connectivity index (χ0n) is 7.99. The molecule has 0 unspecified atom stereocenters. The van der Waals surface area contributed by atoms with Gasteiger partial charge in [0, 0.05) is 6.42 Å². The van der Waals surface area contributed by atoms with E-state index in [0.717, 1.165) is 5.56 Å². The maximum Gasteiger partial charge on any atom is 0.266 e. The Labute approximate surface area is 86.7 Å². The van der Waals surface area contributed by atoms with Crippen LogP contribution in [0.25, 0.3) is 6.08 Å². The van der Waals surface area contributed by atoms with Gasteiger partial charge in [-0.3, -0.25) is 4.79 Å². The molecule has 0 amide bonds. The molecule has 1 rings (SSSR count). The molecule has 3 heteroatoms. The normalized spacial score (nSPS) is 10.3. The van der Waals surface area contributed by atoms with Gasteiger partial charge in [0.2, 0.25) is 0 Å². The summed E-state index contributed by atoms with van der Waals surface area (Å²) in [7, 11) is 0. The molecule has 78 valence electrons. The molecule has 1 aromatic rings. The van der Waals surface area contributed by atoms with Crippen LogP contribution in [0.1, 0.15) is 12.0 Å². The maximum absolute atomic E-state index is 11.6. The summed E-state index contributed by atoms with van der Waals surface area (Å²) < 4.78 is 23.3. The van der Waals surface area contributed by atoms with Crippen LogP contribution >= 0.6 is 0 Å². The highest BCUT2D eigenvalue weighted by Crippen LogP contribution is 2.03. The SMILES string of the molecule is O=C(/C=C/c1ccccc1)CC=C(F)F. The maximum atomic E-state index is 11.6. The van der Waals surface area contributed by atoms with Crippen LogP contribution in [0.5, 0.6) is 0 Å². The Bertz CT molecular complexity index is 376. The topological polar surface area (TPSA) is 17.1 Å². The molecule has 0 aliphatic rings. The number of carbonyl (C=O) groups excluding carboxylic acids is 1. The molecule has 0 atom stereocenters. The largest absolute Gasteiger partial charge is 0.295 e. The molecule has 0 saturated heterocycles. The van der Waals surface area contributed by atoms with E-state index < -0.39 is 6.08 Å². The zero-order valence-corrected chi connectivity index (χ0v) is 7.99. The van der Waals surface area contributed by atoms with E-state index in [1.165, 1.54) is 6.08 Å². The number of carbonyl (C=O) groups is 1. The van der Waals surface area contributed by atoms with E-state index in [1.807, 2.05) is 30.3 Å². The molecule has 0 aliphatic carbocycles. The van der Waals surface area contributed by atoms with Gasteiger partial charge in [0.05, 0.1) is 0 Å². The van der Waals surface area contributed by atoms with Gasteiger partial charge in [-0.05, 0) is 17.7 Å². The van der Waals surface area contributed by atoms with E-state index in [2.05, 4.69) is 0 Å². The van der Waals surface area contributed by atoms with E-state index in [0.29, 0.717) is 6.08 Å². The molecule has 0 radical (unpaired) electrons. The first-order chi connectivity index (χ1) is 7.18. The average molecular weight is 208 g/mol. The van der Waals surface area contributed by atoms with Crippen LogP contribution < -0.4 is 0 Å². The van der Waals surface area contributed by atoms with Gasteiger partial charge in [-0.2, -0.15) is 8.78 Å². The van der Waals surface area contributed by atoms with Crippen LogP contribution in [0.4, 0.5) is 8.78 Å². The van der Waals surface area contributed by atoms with Crippen molar-refractivity contribution >= 4 is 11.9 Å². The lowest BCUT2D eigenvalue weighted by Gasteiger charge is -1.90. The monoisotopic (exact) mass is 208 g/mol. The summed E-state index contributed by atoms with van der Waals surface area (Å²) in [5.41, 5.74) is 0.871. The Morgan fingerprint density at radius 1 is 1.20 bits per heavy atom. The summed E-state index contributed by atoms with van der Waals surface area (Å²) in [6, 6.07) is 9.20. The van der Waals surface area contributed by atoms with E-state index >= 15 is 0 Å². The van der Waals surface area contributed by atoms with Gasteiger partial charge in [-0.1, -0.05) is 36.4 Å². The highest BCUT2D eigenvalue weighted by molar-refractivity contribution is 5.94. The molecule has 0 fully saturated rings. The molecule has 0 saturated carbocycles. The fourth-order valence-corrected chi connectivity index (χ4v) is 0.999. The van der Waals surface area contributed by atoms with E-state index in [9.17, 15) is 13.6 Å². The predicted molar refractivity (Wildman–Crippen MR) is 55.4 cm³/mol. The lowest BCUT2D eigenvalue weighted by molar-refractivity contribution is -0.113. The summed E-state index contributed by atoms with van der Waals surface area (Å²) >= 11 is 0. The molecule has 0 aromatic heterocycles. The van der Waals surface area contributed by atoms with Crippen LogP contribution in [0, 0.1) is 0 Å². The predicted octanol–water partition coefficient (Wildman–Crippen LogP) is 3.44. The number of ketones is 1. The highest BCUT2D eigenvalue weighted by atomic mass is 19.3. The summed E-state index contributed by atoms with van der Waals surface area (Å²) in [5.74, 6) is -0.341. The second-order valence-corrected chi connectivity index (χ2v) is 2.91. The summed E-state index contributed by atoms with van der Waals surface area (Å²) in [4.78, 5) is 11.1. The molecule has 0 heterocycles. The molecular weight excluding hydrogens is 198 g/mol. The fourth-order valence-electron chi connectivity index (χ4n) is 0.999. The average Bonchev–Trinajstić information content (AvgIpc) is 2.25. The van der Waals surface area contributed by atoms with Gasteiger partial charge in [-0.25, -0.2) is 0 Å². The summed E-state index contributed by atoms with van der Waals surface area (Å²) in [5, 5.41) is 0. The second kappa shape index (κ2) is 5.86. The van der Waals surface area contributed by atoms with Gasteiger partial charge in [-0.15, -0.1) is 0 Å². The van der Waals surface area contributed by atoms with Gasteiger partial charge in [0.1, 0.15) is 0 Å². The first kappa shape index (κ1) is 11.3. The van der Waals surface area contributed by atoms with Crippen molar-refractivity contribution < 1.29 is 13.6 Å². The molecule has 15 heavy (non-hydrogen) atoms. The van der Waals surface area contributed by atoms with Crippen LogP contribution in [0.15, 0.2) is 48.6 Å². The fraction of sp³-hybridized carbons (Fsp3) is 0.0833. The highest BCUT2D eigenvalue weighted by Gasteiger charge is 1.95. The first-order valence-corrected chi connectivity index (χ1v) is 4.45. The number of hydrogen-bond donors (Lipinski definition) is 0. The Balaban J connectivity index is 2.52. The number of hydrogen-bond acceptors (Lipinski definition) is 1. The van der Waals surface area contributed by atoms with E-state index in [1.54, 1.807) is 6.08 Å². The minimum atomic E-state index is -1.82. The Morgan fingerprint density at radius 2 is 1.87 bits per heavy atom. The van der Waals surface area contributed by atoms with Crippen molar-refractivity contribution in [3.63, 3.8) is 0 Å². The number of halogens is 2. The lowest BCUT2D eigenvalue weighted by atomic mass is 10.2.